The largest absolute Gasteiger partial charge is 0.464 e. The van der Waals surface area contributed by atoms with E-state index < -0.39 is 17.4 Å². The van der Waals surface area contributed by atoms with Crippen LogP contribution in [0.15, 0.2) is 0 Å². The van der Waals surface area contributed by atoms with Crippen LogP contribution in [-0.2, 0) is 14.3 Å². The molecule has 0 heterocycles. The lowest BCUT2D eigenvalue weighted by atomic mass is 9.62. The summed E-state index contributed by atoms with van der Waals surface area (Å²) in [5.41, 5.74) is 4.88. The van der Waals surface area contributed by atoms with E-state index in [1.165, 1.54) is 0 Å². The molecular formula is C12H20N2O3S. The predicted molar refractivity (Wildman–Crippen MR) is 71.9 cm³/mol. The number of carbonyl (C=O) groups is 2. The van der Waals surface area contributed by atoms with Crippen LogP contribution in [0.5, 0.6) is 0 Å². The van der Waals surface area contributed by atoms with Crippen LogP contribution < -0.4 is 11.1 Å². The molecule has 1 rings (SSSR count). The number of nitrogens with two attached hydrogens (primary N) is 1. The molecule has 1 saturated carbocycles. The van der Waals surface area contributed by atoms with Crippen LogP contribution in [0, 0.1) is 11.3 Å². The molecule has 1 unspecified atom stereocenters. The Balaban J connectivity index is 2.64. The van der Waals surface area contributed by atoms with Crippen molar-refractivity contribution in [3.63, 3.8) is 0 Å². The van der Waals surface area contributed by atoms with Crippen molar-refractivity contribution in [1.82, 2.24) is 5.32 Å². The van der Waals surface area contributed by atoms with E-state index >= 15 is 0 Å². The molecule has 0 aliphatic heterocycles. The van der Waals surface area contributed by atoms with Crippen molar-refractivity contribution < 1.29 is 14.3 Å². The van der Waals surface area contributed by atoms with Gasteiger partial charge in [0, 0.05) is 0 Å². The standard InChI is InChI=1S/C12H20N2O3S/c1-4-17-9(15)8(3)14-11(16)12(10(13)18)5-7(2)6-12/h7-8H,4-6H2,1-3H3,(H2,13,18)(H,14,16). The molecule has 0 radical (unpaired) electrons. The van der Waals surface area contributed by atoms with Crippen LogP contribution in [0.4, 0.5) is 0 Å². The van der Waals surface area contributed by atoms with E-state index in [0.717, 1.165) is 0 Å². The predicted octanol–water partition coefficient (Wildman–Crippen LogP) is 0.757. The average Bonchev–Trinajstić information content (AvgIpc) is 2.23. The van der Waals surface area contributed by atoms with Crippen molar-refractivity contribution in [3.8, 4) is 0 Å². The van der Waals surface area contributed by atoms with Crippen molar-refractivity contribution in [3.05, 3.63) is 0 Å². The summed E-state index contributed by atoms with van der Waals surface area (Å²) in [4.78, 5) is 23.8. The first-order valence-electron chi connectivity index (χ1n) is 6.11. The van der Waals surface area contributed by atoms with Gasteiger partial charge >= 0.3 is 5.97 Å². The van der Waals surface area contributed by atoms with E-state index in [1.54, 1.807) is 13.8 Å². The van der Waals surface area contributed by atoms with E-state index in [-0.39, 0.29) is 17.5 Å². The van der Waals surface area contributed by atoms with Gasteiger partial charge in [-0.2, -0.15) is 0 Å². The number of thiocarbonyl (C=S) groups is 1. The van der Waals surface area contributed by atoms with Gasteiger partial charge in [-0.25, -0.2) is 4.79 Å². The Kier molecular flexibility index (Phi) is 4.67. The number of hydrogen-bond donors (Lipinski definition) is 2. The highest BCUT2D eigenvalue weighted by Crippen LogP contribution is 2.46. The second kappa shape index (κ2) is 5.65. The molecule has 18 heavy (non-hydrogen) atoms. The van der Waals surface area contributed by atoms with Gasteiger partial charge in [0.25, 0.3) is 0 Å². The minimum Gasteiger partial charge on any atom is -0.464 e. The van der Waals surface area contributed by atoms with Crippen LogP contribution in [0.25, 0.3) is 0 Å². The molecule has 5 nitrogen and oxygen atoms in total. The number of esters is 1. The Morgan fingerprint density at radius 1 is 1.56 bits per heavy atom. The van der Waals surface area contributed by atoms with Crippen LogP contribution in [0.3, 0.4) is 0 Å². The molecule has 0 aromatic carbocycles. The van der Waals surface area contributed by atoms with Crippen LogP contribution in [0.1, 0.15) is 33.6 Å². The van der Waals surface area contributed by atoms with Crippen LogP contribution in [0.2, 0.25) is 0 Å². The molecule has 0 aromatic rings. The summed E-state index contributed by atoms with van der Waals surface area (Å²) in [7, 11) is 0. The smallest absolute Gasteiger partial charge is 0.328 e. The Hall–Kier alpha value is -1.17. The van der Waals surface area contributed by atoms with Gasteiger partial charge in [-0.1, -0.05) is 19.1 Å². The molecule has 1 fully saturated rings. The van der Waals surface area contributed by atoms with Gasteiger partial charge in [-0.3, -0.25) is 4.79 Å². The summed E-state index contributed by atoms with van der Waals surface area (Å²) in [6, 6.07) is -0.681. The maximum absolute atomic E-state index is 12.2. The lowest BCUT2D eigenvalue weighted by molar-refractivity contribution is -0.148. The molecule has 1 aliphatic carbocycles. The lowest BCUT2D eigenvalue weighted by Gasteiger charge is -2.44. The summed E-state index contributed by atoms with van der Waals surface area (Å²) >= 11 is 4.98. The van der Waals surface area contributed by atoms with Crippen molar-refractivity contribution in [2.24, 2.45) is 17.1 Å². The van der Waals surface area contributed by atoms with E-state index in [1.807, 2.05) is 6.92 Å². The van der Waals surface area contributed by atoms with Gasteiger partial charge in [0.2, 0.25) is 5.91 Å². The summed E-state index contributed by atoms with van der Waals surface area (Å²) in [6.45, 7) is 5.64. The van der Waals surface area contributed by atoms with Gasteiger partial charge in [-0.05, 0) is 32.6 Å². The summed E-state index contributed by atoms with van der Waals surface area (Å²) in [5.74, 6) is -0.292. The number of hydrogen-bond acceptors (Lipinski definition) is 4. The zero-order valence-electron chi connectivity index (χ0n) is 11.0. The lowest BCUT2D eigenvalue weighted by Crippen LogP contribution is -2.58. The van der Waals surface area contributed by atoms with Gasteiger partial charge < -0.3 is 15.8 Å². The first-order chi connectivity index (χ1) is 8.33. The molecule has 0 spiro atoms. The van der Waals surface area contributed by atoms with Crippen molar-refractivity contribution >= 4 is 29.1 Å². The molecule has 0 saturated heterocycles. The number of ether oxygens (including phenoxy) is 1. The van der Waals surface area contributed by atoms with Crippen molar-refractivity contribution in [2.45, 2.75) is 39.7 Å². The zero-order valence-corrected chi connectivity index (χ0v) is 11.8. The van der Waals surface area contributed by atoms with Gasteiger partial charge in [0.15, 0.2) is 0 Å². The van der Waals surface area contributed by atoms with Crippen molar-refractivity contribution in [1.29, 1.82) is 0 Å². The first-order valence-corrected chi connectivity index (χ1v) is 6.51. The Bertz CT molecular complexity index is 364. The highest BCUT2D eigenvalue weighted by molar-refractivity contribution is 7.80. The number of amides is 1. The van der Waals surface area contributed by atoms with E-state index in [0.29, 0.717) is 18.8 Å². The minimum absolute atomic E-state index is 0.203. The van der Waals surface area contributed by atoms with E-state index in [2.05, 4.69) is 5.32 Å². The molecule has 3 N–H and O–H groups in total. The maximum Gasteiger partial charge on any atom is 0.328 e. The van der Waals surface area contributed by atoms with Crippen molar-refractivity contribution in [2.75, 3.05) is 6.61 Å². The van der Waals surface area contributed by atoms with Gasteiger partial charge in [0.05, 0.1) is 17.0 Å². The second-order valence-electron chi connectivity index (χ2n) is 4.91. The highest BCUT2D eigenvalue weighted by atomic mass is 32.1. The second-order valence-corrected chi connectivity index (χ2v) is 5.35. The number of rotatable bonds is 5. The first kappa shape index (κ1) is 14.9. The third-order valence-electron chi connectivity index (χ3n) is 3.29. The number of carbonyl (C=O) groups excluding carboxylic acids is 2. The normalized spacial score (nSPS) is 27.8. The molecule has 1 amide bonds. The summed E-state index contributed by atoms with van der Waals surface area (Å²) in [6.07, 6.45) is 1.29. The minimum atomic E-state index is -0.782. The average molecular weight is 272 g/mol. The topological polar surface area (TPSA) is 81.4 Å². The quantitative estimate of drug-likeness (QED) is 0.570. The van der Waals surface area contributed by atoms with Crippen LogP contribution >= 0.6 is 12.2 Å². The fraction of sp³-hybridized carbons (Fsp3) is 0.750. The van der Waals surface area contributed by atoms with Gasteiger partial charge in [0.1, 0.15) is 6.04 Å². The summed E-state index contributed by atoms with van der Waals surface area (Å²) < 4.78 is 4.83. The molecule has 6 heteroatoms. The fourth-order valence-corrected chi connectivity index (χ4v) is 2.55. The number of nitrogens with one attached hydrogen (secondary N) is 1. The van der Waals surface area contributed by atoms with E-state index in [4.69, 9.17) is 22.7 Å². The third-order valence-corrected chi connectivity index (χ3v) is 3.68. The molecule has 0 bridgehead atoms. The third kappa shape index (κ3) is 2.80. The summed E-state index contributed by atoms with van der Waals surface area (Å²) in [5, 5.41) is 2.63. The fourth-order valence-electron chi connectivity index (χ4n) is 2.29. The zero-order chi connectivity index (χ0) is 13.9. The SMILES string of the molecule is CCOC(=O)C(C)NC(=O)C1(C(N)=S)CC(C)C1. The Labute approximate surface area is 112 Å². The monoisotopic (exact) mass is 272 g/mol. The van der Waals surface area contributed by atoms with E-state index in [9.17, 15) is 9.59 Å². The highest BCUT2D eigenvalue weighted by Gasteiger charge is 2.51. The molecule has 0 aromatic heterocycles. The van der Waals surface area contributed by atoms with Crippen LogP contribution in [-0.4, -0.2) is 29.5 Å². The molecule has 1 atom stereocenters. The Morgan fingerprint density at radius 2 is 2.11 bits per heavy atom. The Morgan fingerprint density at radius 3 is 2.50 bits per heavy atom. The molecule has 1 aliphatic rings. The van der Waals surface area contributed by atoms with Gasteiger partial charge in [-0.15, -0.1) is 0 Å². The molecular weight excluding hydrogens is 252 g/mol. The maximum atomic E-state index is 12.2. The molecule has 102 valence electrons.